The lowest BCUT2D eigenvalue weighted by atomic mass is 10.1. The third kappa shape index (κ3) is 5.95. The maximum absolute atomic E-state index is 3.53. The number of hydrogen-bond acceptors (Lipinski definition) is 2. The summed E-state index contributed by atoms with van der Waals surface area (Å²) in [5.74, 6) is 0. The van der Waals surface area contributed by atoms with E-state index in [0.717, 1.165) is 13.1 Å². The van der Waals surface area contributed by atoms with Gasteiger partial charge in [0.1, 0.15) is 0 Å². The van der Waals surface area contributed by atoms with Crippen LogP contribution < -0.4 is 5.32 Å². The molecule has 2 heteroatoms. The van der Waals surface area contributed by atoms with Gasteiger partial charge in [-0.25, -0.2) is 0 Å². The van der Waals surface area contributed by atoms with Crippen molar-refractivity contribution >= 4 is 0 Å². The molecule has 0 aliphatic carbocycles. The van der Waals surface area contributed by atoms with Crippen LogP contribution in [-0.4, -0.2) is 36.6 Å². The SMILES string of the molecule is CC1=CCN(CCCNC(C)(C)C)CC1. The Morgan fingerprint density at radius 1 is 1.40 bits per heavy atom. The minimum absolute atomic E-state index is 0.262. The normalized spacial score (nSPS) is 19.1. The largest absolute Gasteiger partial charge is 0.312 e. The molecule has 0 aromatic carbocycles. The molecule has 0 spiro atoms. The average Bonchev–Trinajstić information content (AvgIpc) is 2.14. The average molecular weight is 210 g/mol. The molecule has 0 radical (unpaired) electrons. The van der Waals surface area contributed by atoms with Gasteiger partial charge in [-0.3, -0.25) is 4.90 Å². The van der Waals surface area contributed by atoms with Crippen LogP contribution in [0.5, 0.6) is 0 Å². The molecule has 15 heavy (non-hydrogen) atoms. The molecule has 0 atom stereocenters. The molecule has 0 bridgehead atoms. The first-order valence-corrected chi connectivity index (χ1v) is 6.10. The van der Waals surface area contributed by atoms with Crippen LogP contribution in [0.4, 0.5) is 0 Å². The molecule has 1 aliphatic rings. The maximum Gasteiger partial charge on any atom is 0.0165 e. The highest BCUT2D eigenvalue weighted by Gasteiger charge is 2.10. The first-order chi connectivity index (χ1) is 6.97. The molecule has 1 heterocycles. The third-order valence-electron chi connectivity index (χ3n) is 2.83. The Bertz CT molecular complexity index is 213. The van der Waals surface area contributed by atoms with Crippen molar-refractivity contribution in [3.8, 4) is 0 Å². The Morgan fingerprint density at radius 2 is 2.13 bits per heavy atom. The van der Waals surface area contributed by atoms with Crippen LogP contribution in [0.25, 0.3) is 0 Å². The van der Waals surface area contributed by atoms with Crippen LogP contribution in [0.3, 0.4) is 0 Å². The molecule has 2 nitrogen and oxygen atoms in total. The van der Waals surface area contributed by atoms with E-state index in [1.807, 2.05) is 0 Å². The second kappa shape index (κ2) is 5.66. The lowest BCUT2D eigenvalue weighted by molar-refractivity contribution is 0.282. The van der Waals surface area contributed by atoms with Crippen molar-refractivity contribution in [3.63, 3.8) is 0 Å². The zero-order chi connectivity index (χ0) is 11.3. The van der Waals surface area contributed by atoms with E-state index in [0.29, 0.717) is 0 Å². The Morgan fingerprint density at radius 3 is 2.67 bits per heavy atom. The van der Waals surface area contributed by atoms with E-state index in [1.165, 1.54) is 25.9 Å². The van der Waals surface area contributed by atoms with E-state index in [2.05, 4.69) is 44.0 Å². The summed E-state index contributed by atoms with van der Waals surface area (Å²) in [5, 5.41) is 3.53. The molecular weight excluding hydrogens is 184 g/mol. The van der Waals surface area contributed by atoms with Gasteiger partial charge in [-0.1, -0.05) is 11.6 Å². The van der Waals surface area contributed by atoms with Gasteiger partial charge in [-0.2, -0.15) is 0 Å². The standard InChI is InChI=1S/C13H26N2/c1-12-6-10-15(11-7-12)9-5-8-14-13(2,3)4/h6,14H,5,7-11H2,1-4H3. The number of hydrogen-bond donors (Lipinski definition) is 1. The van der Waals surface area contributed by atoms with Crippen molar-refractivity contribution in [1.82, 2.24) is 10.2 Å². The fourth-order valence-electron chi connectivity index (χ4n) is 1.78. The zero-order valence-corrected chi connectivity index (χ0v) is 10.8. The monoisotopic (exact) mass is 210 g/mol. The van der Waals surface area contributed by atoms with Gasteiger partial charge in [0, 0.05) is 18.6 Å². The summed E-state index contributed by atoms with van der Waals surface area (Å²) in [7, 11) is 0. The van der Waals surface area contributed by atoms with E-state index in [4.69, 9.17) is 0 Å². The predicted molar refractivity (Wildman–Crippen MR) is 67.2 cm³/mol. The molecule has 88 valence electrons. The fourth-order valence-corrected chi connectivity index (χ4v) is 1.78. The molecule has 0 fully saturated rings. The summed E-state index contributed by atoms with van der Waals surface area (Å²) < 4.78 is 0. The molecule has 1 N–H and O–H groups in total. The highest BCUT2D eigenvalue weighted by atomic mass is 15.1. The van der Waals surface area contributed by atoms with E-state index in [-0.39, 0.29) is 5.54 Å². The van der Waals surface area contributed by atoms with Crippen LogP contribution in [0.15, 0.2) is 11.6 Å². The molecule has 0 saturated heterocycles. The van der Waals surface area contributed by atoms with E-state index in [9.17, 15) is 0 Å². The smallest absolute Gasteiger partial charge is 0.0165 e. The predicted octanol–water partition coefficient (Wildman–Crippen LogP) is 2.42. The molecular formula is C13H26N2. The highest BCUT2D eigenvalue weighted by molar-refractivity contribution is 5.03. The molecule has 0 aromatic rings. The quantitative estimate of drug-likeness (QED) is 0.566. The Hall–Kier alpha value is -0.340. The van der Waals surface area contributed by atoms with Crippen LogP contribution in [0, 0.1) is 0 Å². The summed E-state index contributed by atoms with van der Waals surface area (Å²) >= 11 is 0. The highest BCUT2D eigenvalue weighted by Crippen LogP contribution is 2.09. The Labute approximate surface area is 94.7 Å². The molecule has 0 saturated carbocycles. The molecule has 0 unspecified atom stereocenters. The van der Waals surface area contributed by atoms with E-state index in [1.54, 1.807) is 5.57 Å². The van der Waals surface area contributed by atoms with Gasteiger partial charge in [0.25, 0.3) is 0 Å². The minimum atomic E-state index is 0.262. The number of nitrogens with zero attached hydrogens (tertiary/aromatic N) is 1. The minimum Gasteiger partial charge on any atom is -0.312 e. The third-order valence-corrected chi connectivity index (χ3v) is 2.83. The first kappa shape index (κ1) is 12.7. The molecule has 0 aromatic heterocycles. The van der Waals surface area contributed by atoms with E-state index >= 15 is 0 Å². The maximum atomic E-state index is 3.53. The Balaban J connectivity index is 2.06. The summed E-state index contributed by atoms with van der Waals surface area (Å²) in [6, 6.07) is 0. The van der Waals surface area contributed by atoms with Crippen molar-refractivity contribution < 1.29 is 0 Å². The zero-order valence-electron chi connectivity index (χ0n) is 10.8. The Kier molecular flexibility index (Phi) is 4.81. The van der Waals surface area contributed by atoms with Crippen molar-refractivity contribution in [2.75, 3.05) is 26.2 Å². The number of rotatable bonds is 4. The van der Waals surface area contributed by atoms with Gasteiger partial charge in [-0.15, -0.1) is 0 Å². The van der Waals surface area contributed by atoms with Crippen LogP contribution in [0.1, 0.15) is 40.5 Å². The van der Waals surface area contributed by atoms with Crippen LogP contribution in [-0.2, 0) is 0 Å². The van der Waals surface area contributed by atoms with Gasteiger partial charge in [-0.05, 0) is 53.6 Å². The van der Waals surface area contributed by atoms with Gasteiger partial charge in [0.2, 0.25) is 0 Å². The van der Waals surface area contributed by atoms with Gasteiger partial charge < -0.3 is 5.32 Å². The van der Waals surface area contributed by atoms with Crippen molar-refractivity contribution in [2.24, 2.45) is 0 Å². The lowest BCUT2D eigenvalue weighted by Gasteiger charge is -2.26. The van der Waals surface area contributed by atoms with Crippen LogP contribution in [0.2, 0.25) is 0 Å². The van der Waals surface area contributed by atoms with Gasteiger partial charge >= 0.3 is 0 Å². The van der Waals surface area contributed by atoms with Crippen molar-refractivity contribution in [2.45, 2.75) is 46.1 Å². The lowest BCUT2D eigenvalue weighted by Crippen LogP contribution is -2.38. The second-order valence-electron chi connectivity index (χ2n) is 5.63. The van der Waals surface area contributed by atoms with Crippen molar-refractivity contribution in [1.29, 1.82) is 0 Å². The molecule has 1 rings (SSSR count). The fraction of sp³-hybridized carbons (Fsp3) is 0.846. The number of nitrogens with one attached hydrogen (secondary N) is 1. The topological polar surface area (TPSA) is 15.3 Å². The van der Waals surface area contributed by atoms with Crippen LogP contribution >= 0.6 is 0 Å². The molecule has 1 aliphatic heterocycles. The van der Waals surface area contributed by atoms with Gasteiger partial charge in [0.05, 0.1) is 0 Å². The summed E-state index contributed by atoms with van der Waals surface area (Å²) in [4.78, 5) is 2.54. The molecule has 0 amide bonds. The summed E-state index contributed by atoms with van der Waals surface area (Å²) in [5.41, 5.74) is 1.82. The second-order valence-corrected chi connectivity index (χ2v) is 5.63. The summed E-state index contributed by atoms with van der Waals surface area (Å²) in [6.07, 6.45) is 4.87. The van der Waals surface area contributed by atoms with Gasteiger partial charge in [0.15, 0.2) is 0 Å². The summed E-state index contributed by atoms with van der Waals surface area (Å²) in [6.45, 7) is 13.7. The first-order valence-electron chi connectivity index (χ1n) is 6.10. The van der Waals surface area contributed by atoms with Crippen molar-refractivity contribution in [3.05, 3.63) is 11.6 Å². The van der Waals surface area contributed by atoms with E-state index < -0.39 is 0 Å².